The van der Waals surface area contributed by atoms with Crippen molar-refractivity contribution in [3.05, 3.63) is 0 Å². The van der Waals surface area contributed by atoms with Gasteiger partial charge in [-0.05, 0) is 6.42 Å². The quantitative estimate of drug-likeness (QED) is 0.609. The van der Waals surface area contributed by atoms with Crippen LogP contribution in [0.5, 0.6) is 0 Å². The van der Waals surface area contributed by atoms with Crippen molar-refractivity contribution in [3.63, 3.8) is 0 Å². The fourth-order valence-electron chi connectivity index (χ4n) is 1.32. The molecule has 0 aromatic rings. The molecule has 1 atom stereocenters. The highest BCUT2D eigenvalue weighted by atomic mass is 32.1. The Labute approximate surface area is 74.8 Å². The second-order valence-electron chi connectivity index (χ2n) is 3.11. The van der Waals surface area contributed by atoms with Crippen LogP contribution in [0.25, 0.3) is 0 Å². The molecule has 1 fully saturated rings. The third-order valence-corrected chi connectivity index (χ3v) is 2.68. The number of nitrogens with one attached hydrogen (secondary N) is 1. The topological polar surface area (TPSA) is 15.3 Å². The van der Waals surface area contributed by atoms with E-state index in [4.69, 9.17) is 0 Å². The molecule has 11 heavy (non-hydrogen) atoms. The van der Waals surface area contributed by atoms with Gasteiger partial charge in [-0.1, -0.05) is 6.92 Å². The molecule has 0 radical (unpaired) electrons. The minimum atomic E-state index is 0.563. The molecule has 0 bridgehead atoms. The van der Waals surface area contributed by atoms with Crippen LogP contribution in [0.2, 0.25) is 0 Å². The molecular weight excluding hydrogens is 156 g/mol. The second-order valence-corrected chi connectivity index (χ2v) is 3.84. The first kappa shape index (κ1) is 9.36. The van der Waals surface area contributed by atoms with Crippen LogP contribution in [-0.2, 0) is 0 Å². The predicted octanol–water partition coefficient (Wildman–Crippen LogP) is 0.600. The average Bonchev–Trinajstić information content (AvgIpc) is 2.06. The third kappa shape index (κ3) is 3.45. The van der Waals surface area contributed by atoms with E-state index in [1.165, 1.54) is 19.5 Å². The fraction of sp³-hybridized carbons (Fsp3) is 1.00. The van der Waals surface area contributed by atoms with E-state index in [1.807, 2.05) is 0 Å². The lowest BCUT2D eigenvalue weighted by molar-refractivity contribution is 0.241. The molecule has 0 aliphatic carbocycles. The van der Waals surface area contributed by atoms with Gasteiger partial charge in [-0.2, -0.15) is 12.6 Å². The lowest BCUT2D eigenvalue weighted by Gasteiger charge is -2.28. The molecule has 0 amide bonds. The van der Waals surface area contributed by atoms with Gasteiger partial charge in [0, 0.05) is 38.0 Å². The van der Waals surface area contributed by atoms with Gasteiger partial charge in [-0.25, -0.2) is 0 Å². The van der Waals surface area contributed by atoms with E-state index in [9.17, 15) is 0 Å². The highest BCUT2D eigenvalue weighted by Crippen LogP contribution is 2.03. The number of rotatable bonds is 3. The number of piperazine rings is 1. The van der Waals surface area contributed by atoms with E-state index in [0.717, 1.165) is 19.6 Å². The smallest absolute Gasteiger partial charge is 0.0142 e. The van der Waals surface area contributed by atoms with Crippen LogP contribution in [0.3, 0.4) is 0 Å². The number of thiol groups is 1. The van der Waals surface area contributed by atoms with Crippen molar-refractivity contribution in [2.24, 2.45) is 0 Å². The molecule has 0 saturated carbocycles. The zero-order valence-electron chi connectivity index (χ0n) is 7.21. The molecule has 3 heteroatoms. The van der Waals surface area contributed by atoms with Crippen LogP contribution in [0, 0.1) is 0 Å². The Kier molecular flexibility index (Phi) is 4.26. The summed E-state index contributed by atoms with van der Waals surface area (Å²) in [5.74, 6) is 0. The van der Waals surface area contributed by atoms with E-state index in [2.05, 4.69) is 29.8 Å². The summed E-state index contributed by atoms with van der Waals surface area (Å²) in [4.78, 5) is 2.48. The molecule has 1 saturated heterocycles. The minimum absolute atomic E-state index is 0.563. The normalized spacial score (nSPS) is 23.5. The van der Waals surface area contributed by atoms with E-state index in [-0.39, 0.29) is 0 Å². The molecular formula is C8H18N2S. The second kappa shape index (κ2) is 5.01. The Morgan fingerprint density at radius 3 is 2.64 bits per heavy atom. The Hall–Kier alpha value is 0.270. The molecule has 1 rings (SSSR count). The molecule has 0 aromatic heterocycles. The van der Waals surface area contributed by atoms with Crippen LogP contribution in [0.1, 0.15) is 13.3 Å². The Morgan fingerprint density at radius 2 is 2.09 bits per heavy atom. The fourth-order valence-corrected chi connectivity index (χ4v) is 1.55. The van der Waals surface area contributed by atoms with Crippen molar-refractivity contribution in [3.8, 4) is 0 Å². The zero-order valence-corrected chi connectivity index (χ0v) is 8.11. The van der Waals surface area contributed by atoms with Gasteiger partial charge < -0.3 is 5.32 Å². The Bertz CT molecular complexity index is 102. The van der Waals surface area contributed by atoms with Crippen molar-refractivity contribution >= 4 is 12.6 Å². The van der Waals surface area contributed by atoms with Crippen molar-refractivity contribution in [2.45, 2.75) is 18.6 Å². The highest BCUT2D eigenvalue weighted by Gasteiger charge is 2.11. The molecule has 1 unspecified atom stereocenters. The van der Waals surface area contributed by atoms with Gasteiger partial charge >= 0.3 is 0 Å². The van der Waals surface area contributed by atoms with Gasteiger partial charge in [0.25, 0.3) is 0 Å². The largest absolute Gasteiger partial charge is 0.314 e. The van der Waals surface area contributed by atoms with E-state index in [0.29, 0.717) is 5.25 Å². The average molecular weight is 174 g/mol. The van der Waals surface area contributed by atoms with Crippen molar-refractivity contribution in [1.29, 1.82) is 0 Å². The van der Waals surface area contributed by atoms with E-state index >= 15 is 0 Å². The summed E-state index contributed by atoms with van der Waals surface area (Å²) in [6.07, 6.45) is 1.17. The van der Waals surface area contributed by atoms with Crippen molar-refractivity contribution < 1.29 is 0 Å². The standard InChI is InChI=1S/C8H18N2S/c1-2-8(11)7-10-5-3-9-4-6-10/h8-9,11H,2-7H2,1H3. The van der Waals surface area contributed by atoms with Gasteiger partial charge in [0.1, 0.15) is 0 Å². The molecule has 1 aliphatic rings. The highest BCUT2D eigenvalue weighted by molar-refractivity contribution is 7.81. The molecule has 1 N–H and O–H groups in total. The zero-order chi connectivity index (χ0) is 8.10. The summed E-state index contributed by atoms with van der Waals surface area (Å²) >= 11 is 4.48. The molecule has 1 aliphatic heterocycles. The lowest BCUT2D eigenvalue weighted by atomic mass is 10.3. The van der Waals surface area contributed by atoms with Crippen LogP contribution in [0.15, 0.2) is 0 Å². The Balaban J connectivity index is 2.13. The first-order valence-corrected chi connectivity index (χ1v) is 4.95. The van der Waals surface area contributed by atoms with Crippen molar-refractivity contribution in [1.82, 2.24) is 10.2 Å². The van der Waals surface area contributed by atoms with Gasteiger partial charge in [-0.3, -0.25) is 4.90 Å². The van der Waals surface area contributed by atoms with Crippen LogP contribution in [-0.4, -0.2) is 42.9 Å². The van der Waals surface area contributed by atoms with E-state index in [1.54, 1.807) is 0 Å². The number of nitrogens with zero attached hydrogens (tertiary/aromatic N) is 1. The van der Waals surface area contributed by atoms with Gasteiger partial charge in [-0.15, -0.1) is 0 Å². The first-order valence-electron chi connectivity index (χ1n) is 4.44. The summed E-state index contributed by atoms with van der Waals surface area (Å²) in [6, 6.07) is 0. The van der Waals surface area contributed by atoms with Crippen molar-refractivity contribution in [2.75, 3.05) is 32.7 Å². The summed E-state index contributed by atoms with van der Waals surface area (Å²) in [7, 11) is 0. The minimum Gasteiger partial charge on any atom is -0.314 e. The summed E-state index contributed by atoms with van der Waals surface area (Å²) in [6.45, 7) is 8.02. The first-order chi connectivity index (χ1) is 5.33. The SMILES string of the molecule is CCC(S)CN1CCNCC1. The van der Waals surface area contributed by atoms with Crippen LogP contribution >= 0.6 is 12.6 Å². The summed E-state index contributed by atoms with van der Waals surface area (Å²) in [5.41, 5.74) is 0. The van der Waals surface area contributed by atoms with Gasteiger partial charge in [0.05, 0.1) is 0 Å². The predicted molar refractivity (Wildman–Crippen MR) is 52.4 cm³/mol. The molecule has 0 spiro atoms. The van der Waals surface area contributed by atoms with E-state index < -0.39 is 0 Å². The Morgan fingerprint density at radius 1 is 1.45 bits per heavy atom. The maximum absolute atomic E-state index is 4.48. The number of hydrogen-bond donors (Lipinski definition) is 2. The lowest BCUT2D eigenvalue weighted by Crippen LogP contribution is -2.45. The summed E-state index contributed by atoms with van der Waals surface area (Å²) in [5, 5.41) is 3.90. The molecule has 1 heterocycles. The van der Waals surface area contributed by atoms with Gasteiger partial charge in [0.15, 0.2) is 0 Å². The monoisotopic (exact) mass is 174 g/mol. The number of hydrogen-bond acceptors (Lipinski definition) is 3. The maximum Gasteiger partial charge on any atom is 0.0142 e. The maximum atomic E-state index is 4.48. The van der Waals surface area contributed by atoms with Crippen LogP contribution in [0.4, 0.5) is 0 Å². The van der Waals surface area contributed by atoms with Gasteiger partial charge in [0.2, 0.25) is 0 Å². The third-order valence-electron chi connectivity index (χ3n) is 2.15. The summed E-state index contributed by atoms with van der Waals surface area (Å²) < 4.78 is 0. The van der Waals surface area contributed by atoms with Crippen LogP contribution < -0.4 is 5.32 Å². The molecule has 66 valence electrons. The molecule has 2 nitrogen and oxygen atoms in total. The molecule has 0 aromatic carbocycles.